The van der Waals surface area contributed by atoms with Crippen molar-refractivity contribution in [3.63, 3.8) is 0 Å². The fourth-order valence-corrected chi connectivity index (χ4v) is 1.59. The molecule has 0 aromatic rings. The molecule has 0 aromatic carbocycles. The van der Waals surface area contributed by atoms with Gasteiger partial charge in [-0.1, -0.05) is 58.3 Å². The van der Waals surface area contributed by atoms with Crippen LogP contribution in [0.1, 0.15) is 71.1 Å². The molecule has 0 unspecified atom stereocenters. The first kappa shape index (κ1) is 21.3. The predicted molar refractivity (Wildman–Crippen MR) is 63.1 cm³/mol. The maximum Gasteiger partial charge on any atom is 0.303 e. The number of carboxylic acid groups (broad SMARTS) is 1. The molecule has 3 N–H and O–H groups in total. The standard InChI is InChI=1S/C12H24O2.H2O.Zn/c1-2-3-4-5-6-7-8-9-10-11-12(13)14;;/h2-11H2,1H3,(H,13,14);1H2;. The van der Waals surface area contributed by atoms with Gasteiger partial charge in [-0.05, 0) is 6.42 Å². The fourth-order valence-electron chi connectivity index (χ4n) is 1.59. The Balaban J connectivity index is -0.000000845. The van der Waals surface area contributed by atoms with E-state index in [4.69, 9.17) is 5.11 Å². The van der Waals surface area contributed by atoms with Crippen LogP contribution in [0.3, 0.4) is 0 Å². The van der Waals surface area contributed by atoms with E-state index in [-0.39, 0.29) is 25.0 Å². The Bertz CT molecular complexity index is 140. The summed E-state index contributed by atoms with van der Waals surface area (Å²) in [5.41, 5.74) is 0. The summed E-state index contributed by atoms with van der Waals surface area (Å²) in [6, 6.07) is 0. The Morgan fingerprint density at radius 2 is 1.25 bits per heavy atom. The molecule has 0 aliphatic carbocycles. The Labute approximate surface area is 112 Å². The molecule has 0 saturated carbocycles. The third kappa shape index (κ3) is 19.6. The summed E-state index contributed by atoms with van der Waals surface area (Å²) in [6.07, 6.45) is 11.5. The molecule has 16 heavy (non-hydrogen) atoms. The van der Waals surface area contributed by atoms with Gasteiger partial charge in [-0.25, -0.2) is 0 Å². The molecular formula is C12H26O3Zn. The van der Waals surface area contributed by atoms with Gasteiger partial charge in [0.1, 0.15) is 0 Å². The Kier molecular flexibility index (Phi) is 23.3. The molecule has 0 amide bonds. The van der Waals surface area contributed by atoms with Gasteiger partial charge in [0, 0.05) is 25.9 Å². The van der Waals surface area contributed by atoms with Crippen molar-refractivity contribution in [1.82, 2.24) is 0 Å². The van der Waals surface area contributed by atoms with E-state index in [2.05, 4.69) is 6.92 Å². The fraction of sp³-hybridized carbons (Fsp3) is 0.917. The summed E-state index contributed by atoms with van der Waals surface area (Å²) in [4.78, 5) is 10.2. The zero-order valence-corrected chi connectivity index (χ0v) is 13.6. The largest absolute Gasteiger partial charge is 0.481 e. The normalized spacial score (nSPS) is 9.06. The zero-order valence-electron chi connectivity index (χ0n) is 10.6. The van der Waals surface area contributed by atoms with Crippen LogP contribution in [0.15, 0.2) is 0 Å². The molecule has 94 valence electrons. The van der Waals surface area contributed by atoms with Crippen LogP contribution < -0.4 is 0 Å². The first-order chi connectivity index (χ1) is 6.77. The van der Waals surface area contributed by atoms with Crippen LogP contribution in [0.4, 0.5) is 0 Å². The maximum absolute atomic E-state index is 10.2. The number of aliphatic carboxylic acids is 1. The summed E-state index contributed by atoms with van der Waals surface area (Å²) in [7, 11) is 0. The van der Waals surface area contributed by atoms with Gasteiger partial charge in [-0.15, -0.1) is 0 Å². The van der Waals surface area contributed by atoms with Crippen LogP contribution in [-0.2, 0) is 24.3 Å². The number of hydrogen-bond acceptors (Lipinski definition) is 1. The number of carbonyl (C=O) groups is 1. The van der Waals surface area contributed by atoms with Gasteiger partial charge in [-0.2, -0.15) is 0 Å². The summed E-state index contributed by atoms with van der Waals surface area (Å²) < 4.78 is 0. The van der Waals surface area contributed by atoms with Crippen molar-refractivity contribution in [2.45, 2.75) is 71.1 Å². The molecule has 0 radical (unpaired) electrons. The molecule has 0 bridgehead atoms. The molecule has 4 heteroatoms. The van der Waals surface area contributed by atoms with Crippen molar-refractivity contribution < 1.29 is 34.9 Å². The van der Waals surface area contributed by atoms with Crippen molar-refractivity contribution in [3.05, 3.63) is 0 Å². The molecule has 0 spiro atoms. The van der Waals surface area contributed by atoms with Crippen molar-refractivity contribution in [2.24, 2.45) is 0 Å². The first-order valence-electron chi connectivity index (χ1n) is 5.99. The Hall–Kier alpha value is 0.0534. The average Bonchev–Trinajstić information content (AvgIpc) is 2.15. The van der Waals surface area contributed by atoms with Crippen molar-refractivity contribution in [3.8, 4) is 0 Å². The predicted octanol–water partition coefficient (Wildman–Crippen LogP) is 3.16. The quantitative estimate of drug-likeness (QED) is 0.494. The van der Waals surface area contributed by atoms with Gasteiger partial charge in [0.15, 0.2) is 0 Å². The van der Waals surface area contributed by atoms with E-state index in [1.165, 1.54) is 44.9 Å². The van der Waals surface area contributed by atoms with E-state index in [1.54, 1.807) is 0 Å². The number of carboxylic acids is 1. The second-order valence-corrected chi connectivity index (χ2v) is 3.97. The summed E-state index contributed by atoms with van der Waals surface area (Å²) in [6.45, 7) is 2.23. The maximum atomic E-state index is 10.2. The number of rotatable bonds is 10. The topological polar surface area (TPSA) is 68.8 Å². The van der Waals surface area contributed by atoms with Crippen LogP contribution in [0.25, 0.3) is 0 Å². The van der Waals surface area contributed by atoms with Crippen LogP contribution in [0.2, 0.25) is 0 Å². The Morgan fingerprint density at radius 3 is 1.62 bits per heavy atom. The molecule has 0 aromatic heterocycles. The van der Waals surface area contributed by atoms with Crippen LogP contribution in [0, 0.1) is 0 Å². The molecule has 0 atom stereocenters. The molecule has 0 aliphatic heterocycles. The van der Waals surface area contributed by atoms with E-state index in [9.17, 15) is 4.79 Å². The third-order valence-electron chi connectivity index (χ3n) is 2.49. The smallest absolute Gasteiger partial charge is 0.303 e. The molecule has 0 fully saturated rings. The molecule has 0 heterocycles. The van der Waals surface area contributed by atoms with E-state index in [1.807, 2.05) is 0 Å². The van der Waals surface area contributed by atoms with Gasteiger partial charge >= 0.3 is 5.97 Å². The molecule has 0 saturated heterocycles. The van der Waals surface area contributed by atoms with Crippen molar-refractivity contribution in [1.29, 1.82) is 0 Å². The van der Waals surface area contributed by atoms with Crippen LogP contribution in [-0.4, -0.2) is 16.6 Å². The third-order valence-corrected chi connectivity index (χ3v) is 2.49. The first-order valence-corrected chi connectivity index (χ1v) is 5.99. The number of unbranched alkanes of at least 4 members (excludes halogenated alkanes) is 8. The van der Waals surface area contributed by atoms with E-state index >= 15 is 0 Å². The Morgan fingerprint density at radius 1 is 0.875 bits per heavy atom. The minimum Gasteiger partial charge on any atom is -0.481 e. The van der Waals surface area contributed by atoms with Gasteiger partial charge in [0.05, 0.1) is 0 Å². The summed E-state index contributed by atoms with van der Waals surface area (Å²) >= 11 is 0. The molecule has 0 aliphatic rings. The average molecular weight is 284 g/mol. The summed E-state index contributed by atoms with van der Waals surface area (Å²) in [5.74, 6) is -0.659. The minimum atomic E-state index is -0.659. The van der Waals surface area contributed by atoms with Gasteiger partial charge < -0.3 is 10.6 Å². The molecular weight excluding hydrogens is 258 g/mol. The zero-order chi connectivity index (χ0) is 10.6. The monoisotopic (exact) mass is 282 g/mol. The molecule has 0 rings (SSSR count). The second-order valence-electron chi connectivity index (χ2n) is 3.97. The van der Waals surface area contributed by atoms with E-state index < -0.39 is 5.97 Å². The number of hydrogen-bond donors (Lipinski definition) is 1. The van der Waals surface area contributed by atoms with Gasteiger partial charge in [0.25, 0.3) is 0 Å². The summed E-state index contributed by atoms with van der Waals surface area (Å²) in [5, 5.41) is 8.41. The van der Waals surface area contributed by atoms with Gasteiger partial charge in [0.2, 0.25) is 0 Å². The van der Waals surface area contributed by atoms with Gasteiger partial charge in [-0.3, -0.25) is 4.79 Å². The minimum absolute atomic E-state index is 0. The van der Waals surface area contributed by atoms with E-state index in [0.717, 1.165) is 12.8 Å². The van der Waals surface area contributed by atoms with Crippen LogP contribution >= 0.6 is 0 Å². The van der Waals surface area contributed by atoms with Crippen LogP contribution in [0.5, 0.6) is 0 Å². The van der Waals surface area contributed by atoms with E-state index in [0.29, 0.717) is 6.42 Å². The molecule has 3 nitrogen and oxygen atoms in total. The van der Waals surface area contributed by atoms with Crippen molar-refractivity contribution in [2.75, 3.05) is 0 Å². The van der Waals surface area contributed by atoms with Crippen molar-refractivity contribution >= 4 is 5.97 Å². The SMILES string of the molecule is CCCCCCCCCCCC(=O)O.O.[Zn]. The second kappa shape index (κ2) is 17.4.